The zero-order valence-electron chi connectivity index (χ0n) is 10.2. The number of methoxy groups -OCH3 is 1. The van der Waals surface area contributed by atoms with Gasteiger partial charge in [0.2, 0.25) is 0 Å². The molecule has 0 saturated heterocycles. The number of rotatable bonds is 1. The van der Waals surface area contributed by atoms with Crippen molar-refractivity contribution in [2.24, 2.45) is 0 Å². The maximum absolute atomic E-state index is 11.3. The van der Waals surface area contributed by atoms with Gasteiger partial charge in [0, 0.05) is 5.92 Å². The van der Waals surface area contributed by atoms with E-state index in [-0.39, 0.29) is 0 Å². The molecule has 5 heteroatoms. The second-order valence-corrected chi connectivity index (χ2v) is 4.13. The van der Waals surface area contributed by atoms with Crippen molar-refractivity contribution >= 4 is 12.1 Å². The molecule has 0 aromatic rings. The van der Waals surface area contributed by atoms with Crippen LogP contribution in [0.15, 0.2) is 0 Å². The van der Waals surface area contributed by atoms with Gasteiger partial charge in [-0.25, -0.2) is 9.59 Å². The van der Waals surface area contributed by atoms with Crippen molar-refractivity contribution in [2.75, 3.05) is 7.11 Å². The van der Waals surface area contributed by atoms with Gasteiger partial charge in [-0.05, 0) is 27.7 Å². The van der Waals surface area contributed by atoms with Crippen LogP contribution in [-0.2, 0) is 14.3 Å². The molecule has 0 bridgehead atoms. The Bertz CT molecular complexity index is 319. The molecule has 1 atom stereocenters. The predicted octanol–water partition coefficient (Wildman–Crippen LogP) is 1.08. The first kappa shape index (κ1) is 14.3. The Labute approximate surface area is 95.5 Å². The number of alkyl carbamates (subject to hydrolysis) is 1. The number of ether oxygens (including phenoxy) is 2. The highest BCUT2D eigenvalue weighted by Crippen LogP contribution is 2.06. The van der Waals surface area contributed by atoms with Crippen molar-refractivity contribution in [3.63, 3.8) is 0 Å². The maximum Gasteiger partial charge on any atom is 0.408 e. The summed E-state index contributed by atoms with van der Waals surface area (Å²) in [4.78, 5) is 22.0. The van der Waals surface area contributed by atoms with Crippen LogP contribution in [0.2, 0.25) is 0 Å². The molecule has 0 aromatic carbocycles. The van der Waals surface area contributed by atoms with Crippen molar-refractivity contribution in [3.05, 3.63) is 0 Å². The highest BCUT2D eigenvalue weighted by atomic mass is 16.6. The standard InChI is InChI=1S/C11H17NO4/c1-8(6-7-9(13)15-5)12-10(14)16-11(2,3)4/h8H,1-5H3,(H,12,14)/t8-/m0/s1. The summed E-state index contributed by atoms with van der Waals surface area (Å²) < 4.78 is 9.34. The zero-order chi connectivity index (χ0) is 12.8. The molecular weight excluding hydrogens is 210 g/mol. The molecule has 16 heavy (non-hydrogen) atoms. The minimum Gasteiger partial charge on any atom is -0.459 e. The van der Waals surface area contributed by atoms with Crippen LogP contribution in [-0.4, -0.2) is 30.8 Å². The molecule has 1 amide bonds. The number of carbonyl (C=O) groups excluding carboxylic acids is 2. The highest BCUT2D eigenvalue weighted by Gasteiger charge is 2.16. The fourth-order valence-electron chi connectivity index (χ4n) is 0.739. The van der Waals surface area contributed by atoms with Crippen molar-refractivity contribution in [3.8, 4) is 11.8 Å². The lowest BCUT2D eigenvalue weighted by Crippen LogP contribution is -2.37. The Balaban J connectivity index is 4.14. The lowest BCUT2D eigenvalue weighted by atomic mass is 10.2. The summed E-state index contributed by atoms with van der Waals surface area (Å²) in [6, 6.07) is -0.478. The molecule has 0 saturated carbocycles. The number of amides is 1. The highest BCUT2D eigenvalue weighted by molar-refractivity contribution is 5.88. The van der Waals surface area contributed by atoms with Crippen LogP contribution in [0.25, 0.3) is 0 Å². The van der Waals surface area contributed by atoms with E-state index in [2.05, 4.69) is 21.9 Å². The average molecular weight is 227 g/mol. The van der Waals surface area contributed by atoms with Gasteiger partial charge in [0.25, 0.3) is 0 Å². The molecule has 1 N–H and O–H groups in total. The Morgan fingerprint density at radius 2 is 1.88 bits per heavy atom. The van der Waals surface area contributed by atoms with Crippen LogP contribution in [0.5, 0.6) is 0 Å². The van der Waals surface area contributed by atoms with Gasteiger partial charge in [0.1, 0.15) is 5.60 Å². The predicted molar refractivity (Wildman–Crippen MR) is 58.6 cm³/mol. The topological polar surface area (TPSA) is 64.6 Å². The lowest BCUT2D eigenvalue weighted by Gasteiger charge is -2.20. The Hall–Kier alpha value is -1.70. The van der Waals surface area contributed by atoms with E-state index < -0.39 is 23.7 Å². The maximum atomic E-state index is 11.3. The van der Waals surface area contributed by atoms with Gasteiger partial charge in [-0.15, -0.1) is 0 Å². The SMILES string of the molecule is COC(=O)C#C[C@H](C)NC(=O)OC(C)(C)C. The molecule has 0 aliphatic carbocycles. The quantitative estimate of drug-likeness (QED) is 0.413. The second kappa shape index (κ2) is 6.01. The van der Waals surface area contributed by atoms with Gasteiger partial charge in [-0.3, -0.25) is 0 Å². The van der Waals surface area contributed by atoms with Crippen molar-refractivity contribution in [1.29, 1.82) is 0 Å². The first-order valence-corrected chi connectivity index (χ1v) is 4.83. The lowest BCUT2D eigenvalue weighted by molar-refractivity contribution is -0.133. The summed E-state index contributed by atoms with van der Waals surface area (Å²) in [5.41, 5.74) is -0.556. The Morgan fingerprint density at radius 1 is 1.31 bits per heavy atom. The van der Waals surface area contributed by atoms with Crippen LogP contribution in [0.1, 0.15) is 27.7 Å². The molecule has 5 nitrogen and oxygen atoms in total. The molecule has 0 spiro atoms. The van der Waals surface area contributed by atoms with Crippen molar-refractivity contribution < 1.29 is 19.1 Å². The number of esters is 1. The smallest absolute Gasteiger partial charge is 0.408 e. The molecule has 0 aliphatic rings. The van der Waals surface area contributed by atoms with E-state index in [9.17, 15) is 9.59 Å². The molecule has 0 heterocycles. The number of carbonyl (C=O) groups is 2. The summed E-state index contributed by atoms with van der Waals surface area (Å²) in [7, 11) is 1.24. The summed E-state index contributed by atoms with van der Waals surface area (Å²) in [5.74, 6) is 4.09. The minimum absolute atomic E-state index is 0.478. The van der Waals surface area contributed by atoms with Crippen molar-refractivity contribution in [2.45, 2.75) is 39.3 Å². The number of hydrogen-bond acceptors (Lipinski definition) is 4. The van der Waals surface area contributed by atoms with Crippen LogP contribution in [0.3, 0.4) is 0 Å². The number of nitrogens with one attached hydrogen (secondary N) is 1. The van der Waals surface area contributed by atoms with Crippen molar-refractivity contribution in [1.82, 2.24) is 5.32 Å². The van der Waals surface area contributed by atoms with Crippen LogP contribution in [0, 0.1) is 11.8 Å². The van der Waals surface area contributed by atoms with Crippen LogP contribution < -0.4 is 5.32 Å². The monoisotopic (exact) mass is 227 g/mol. The molecule has 0 fully saturated rings. The third-order valence-corrected chi connectivity index (χ3v) is 1.31. The fourth-order valence-corrected chi connectivity index (χ4v) is 0.739. The largest absolute Gasteiger partial charge is 0.459 e. The summed E-state index contributed by atoms with van der Waals surface area (Å²) in [6.45, 7) is 6.92. The molecule has 0 aromatic heterocycles. The fraction of sp³-hybridized carbons (Fsp3) is 0.636. The van der Waals surface area contributed by atoms with Crippen LogP contribution in [0.4, 0.5) is 4.79 Å². The van der Waals surface area contributed by atoms with E-state index in [1.807, 2.05) is 0 Å². The molecule has 0 unspecified atom stereocenters. The molecule has 90 valence electrons. The van der Waals surface area contributed by atoms with Gasteiger partial charge < -0.3 is 14.8 Å². The second-order valence-electron chi connectivity index (χ2n) is 4.13. The normalized spacial score (nSPS) is 11.8. The summed E-state index contributed by atoms with van der Waals surface area (Å²) in [5, 5.41) is 2.47. The first-order chi connectivity index (χ1) is 7.24. The molecule has 0 aliphatic heterocycles. The summed E-state index contributed by atoms with van der Waals surface area (Å²) >= 11 is 0. The number of hydrogen-bond donors (Lipinski definition) is 1. The van der Waals surface area contributed by atoms with E-state index in [1.54, 1.807) is 27.7 Å². The van der Waals surface area contributed by atoms with Gasteiger partial charge in [0.15, 0.2) is 0 Å². The van der Waals surface area contributed by atoms with Gasteiger partial charge in [0.05, 0.1) is 13.2 Å². The Morgan fingerprint density at radius 3 is 2.31 bits per heavy atom. The average Bonchev–Trinajstić information content (AvgIpc) is 2.10. The molecule has 0 rings (SSSR count). The van der Waals surface area contributed by atoms with Gasteiger partial charge in [-0.2, -0.15) is 0 Å². The van der Waals surface area contributed by atoms with E-state index in [4.69, 9.17) is 4.74 Å². The van der Waals surface area contributed by atoms with Gasteiger partial charge in [-0.1, -0.05) is 5.92 Å². The molecule has 0 radical (unpaired) electrons. The van der Waals surface area contributed by atoms with E-state index in [0.717, 1.165) is 0 Å². The zero-order valence-corrected chi connectivity index (χ0v) is 10.2. The van der Waals surface area contributed by atoms with E-state index in [1.165, 1.54) is 7.11 Å². The van der Waals surface area contributed by atoms with Crippen LogP contribution >= 0.6 is 0 Å². The minimum atomic E-state index is -0.641. The summed E-state index contributed by atoms with van der Waals surface area (Å²) in [6.07, 6.45) is -0.570. The molecular formula is C11H17NO4. The van der Waals surface area contributed by atoms with Gasteiger partial charge >= 0.3 is 12.1 Å². The first-order valence-electron chi connectivity index (χ1n) is 4.83. The Kier molecular flexibility index (Phi) is 5.37. The van der Waals surface area contributed by atoms with E-state index in [0.29, 0.717) is 0 Å². The third-order valence-electron chi connectivity index (χ3n) is 1.31. The third kappa shape index (κ3) is 7.68. The van der Waals surface area contributed by atoms with E-state index >= 15 is 0 Å².